The lowest BCUT2D eigenvalue weighted by molar-refractivity contribution is 0.0916. The highest BCUT2D eigenvalue weighted by atomic mass is 16.3. The SMILES string of the molecule is O=C(NCc1ccc2ncccc2c1)c1ncco1. The molecular formula is C14H11N3O2. The molecule has 3 rings (SSSR count). The van der Waals surface area contributed by atoms with Gasteiger partial charge in [0.1, 0.15) is 6.26 Å². The first-order valence-corrected chi connectivity index (χ1v) is 5.84. The van der Waals surface area contributed by atoms with Gasteiger partial charge in [0.2, 0.25) is 0 Å². The van der Waals surface area contributed by atoms with Gasteiger partial charge in [-0.05, 0) is 23.8 Å². The molecular weight excluding hydrogens is 242 g/mol. The van der Waals surface area contributed by atoms with Gasteiger partial charge in [0.05, 0.1) is 11.7 Å². The predicted octanol–water partition coefficient (Wildman–Crippen LogP) is 2.15. The summed E-state index contributed by atoms with van der Waals surface area (Å²) in [5.74, 6) is -0.251. The maximum absolute atomic E-state index is 11.7. The number of rotatable bonds is 3. The number of oxazole rings is 1. The van der Waals surface area contributed by atoms with E-state index in [1.807, 2.05) is 30.3 Å². The van der Waals surface area contributed by atoms with Crippen molar-refractivity contribution in [3.8, 4) is 0 Å². The van der Waals surface area contributed by atoms with E-state index in [-0.39, 0.29) is 11.8 Å². The van der Waals surface area contributed by atoms with Gasteiger partial charge in [0.15, 0.2) is 0 Å². The lowest BCUT2D eigenvalue weighted by Crippen LogP contribution is -2.22. The number of carbonyl (C=O) groups excluding carboxylic acids is 1. The molecule has 1 N–H and O–H groups in total. The summed E-state index contributed by atoms with van der Waals surface area (Å²) < 4.78 is 4.92. The molecule has 5 heteroatoms. The Morgan fingerprint density at radius 3 is 3.00 bits per heavy atom. The summed E-state index contributed by atoms with van der Waals surface area (Å²) in [5, 5.41) is 3.80. The van der Waals surface area contributed by atoms with E-state index in [4.69, 9.17) is 4.42 Å². The second-order valence-electron chi connectivity index (χ2n) is 4.05. The van der Waals surface area contributed by atoms with Gasteiger partial charge in [-0.15, -0.1) is 0 Å². The van der Waals surface area contributed by atoms with Crippen molar-refractivity contribution >= 4 is 16.8 Å². The van der Waals surface area contributed by atoms with Crippen molar-refractivity contribution in [2.24, 2.45) is 0 Å². The number of hydrogen-bond donors (Lipinski definition) is 1. The second-order valence-corrected chi connectivity index (χ2v) is 4.05. The van der Waals surface area contributed by atoms with Crippen LogP contribution in [0, 0.1) is 0 Å². The summed E-state index contributed by atoms with van der Waals surface area (Å²) in [7, 11) is 0. The smallest absolute Gasteiger partial charge is 0.307 e. The van der Waals surface area contributed by atoms with Gasteiger partial charge in [-0.25, -0.2) is 4.98 Å². The lowest BCUT2D eigenvalue weighted by Gasteiger charge is -2.04. The molecule has 2 aromatic heterocycles. The lowest BCUT2D eigenvalue weighted by atomic mass is 10.1. The molecule has 19 heavy (non-hydrogen) atoms. The highest BCUT2D eigenvalue weighted by Crippen LogP contribution is 2.13. The standard InChI is InChI=1S/C14H11N3O2/c18-13(14-16-6-7-19-14)17-9-10-3-4-12-11(8-10)2-1-5-15-12/h1-8H,9H2,(H,17,18). The van der Waals surface area contributed by atoms with E-state index < -0.39 is 0 Å². The molecule has 94 valence electrons. The maximum atomic E-state index is 11.7. The zero-order chi connectivity index (χ0) is 13.1. The van der Waals surface area contributed by atoms with E-state index in [9.17, 15) is 4.79 Å². The van der Waals surface area contributed by atoms with Gasteiger partial charge in [0, 0.05) is 18.1 Å². The van der Waals surface area contributed by atoms with E-state index in [2.05, 4.69) is 15.3 Å². The first-order chi connectivity index (χ1) is 9.33. The van der Waals surface area contributed by atoms with Crippen LogP contribution in [0.15, 0.2) is 53.4 Å². The third-order valence-corrected chi connectivity index (χ3v) is 2.75. The number of nitrogens with one attached hydrogen (secondary N) is 1. The Labute approximate surface area is 109 Å². The molecule has 1 amide bonds. The predicted molar refractivity (Wildman–Crippen MR) is 69.4 cm³/mol. The molecule has 0 radical (unpaired) electrons. The van der Waals surface area contributed by atoms with Crippen LogP contribution >= 0.6 is 0 Å². The molecule has 5 nitrogen and oxygen atoms in total. The average Bonchev–Trinajstić information content (AvgIpc) is 2.99. The Kier molecular flexibility index (Phi) is 2.94. The van der Waals surface area contributed by atoms with Crippen LogP contribution in [-0.4, -0.2) is 15.9 Å². The molecule has 0 unspecified atom stereocenters. The number of amides is 1. The highest BCUT2D eigenvalue weighted by Gasteiger charge is 2.09. The molecule has 0 aliphatic carbocycles. The van der Waals surface area contributed by atoms with E-state index in [1.165, 1.54) is 12.5 Å². The van der Waals surface area contributed by atoms with Gasteiger partial charge in [0.25, 0.3) is 5.89 Å². The fourth-order valence-corrected chi connectivity index (χ4v) is 1.83. The molecule has 0 spiro atoms. The van der Waals surface area contributed by atoms with Gasteiger partial charge in [-0.2, -0.15) is 0 Å². The minimum atomic E-state index is -0.323. The van der Waals surface area contributed by atoms with Crippen LogP contribution in [0.2, 0.25) is 0 Å². The van der Waals surface area contributed by atoms with E-state index in [1.54, 1.807) is 6.20 Å². The van der Waals surface area contributed by atoms with Crippen LogP contribution in [0.3, 0.4) is 0 Å². The van der Waals surface area contributed by atoms with Crippen LogP contribution in [0.5, 0.6) is 0 Å². The van der Waals surface area contributed by atoms with Gasteiger partial charge >= 0.3 is 5.91 Å². The summed E-state index contributed by atoms with van der Waals surface area (Å²) in [6.07, 6.45) is 4.57. The molecule has 2 heterocycles. The van der Waals surface area contributed by atoms with Crippen molar-refractivity contribution in [1.82, 2.24) is 15.3 Å². The molecule has 3 aromatic rings. The fourth-order valence-electron chi connectivity index (χ4n) is 1.83. The zero-order valence-corrected chi connectivity index (χ0v) is 10.0. The van der Waals surface area contributed by atoms with Crippen molar-refractivity contribution in [2.45, 2.75) is 6.54 Å². The fraction of sp³-hybridized carbons (Fsp3) is 0.0714. The average molecular weight is 253 g/mol. The molecule has 0 saturated carbocycles. The minimum absolute atomic E-state index is 0.0717. The number of hydrogen-bond acceptors (Lipinski definition) is 4. The number of carbonyl (C=O) groups is 1. The largest absolute Gasteiger partial charge is 0.441 e. The summed E-state index contributed by atoms with van der Waals surface area (Å²) >= 11 is 0. The van der Waals surface area contributed by atoms with Crippen LogP contribution in [0.25, 0.3) is 10.9 Å². The monoisotopic (exact) mass is 253 g/mol. The first-order valence-electron chi connectivity index (χ1n) is 5.84. The van der Waals surface area contributed by atoms with Crippen molar-refractivity contribution in [2.75, 3.05) is 0 Å². The summed E-state index contributed by atoms with van der Waals surface area (Å²) in [6, 6.07) is 9.74. The van der Waals surface area contributed by atoms with E-state index >= 15 is 0 Å². The minimum Gasteiger partial charge on any atom is -0.441 e. The van der Waals surface area contributed by atoms with Gasteiger partial charge in [-0.1, -0.05) is 12.1 Å². The number of pyridine rings is 1. The quantitative estimate of drug-likeness (QED) is 0.776. The van der Waals surface area contributed by atoms with Crippen LogP contribution < -0.4 is 5.32 Å². The summed E-state index contributed by atoms with van der Waals surface area (Å²) in [6.45, 7) is 0.423. The number of nitrogens with zero attached hydrogens (tertiary/aromatic N) is 2. The number of aromatic nitrogens is 2. The zero-order valence-electron chi connectivity index (χ0n) is 10.0. The molecule has 0 saturated heterocycles. The molecule has 1 aromatic carbocycles. The van der Waals surface area contributed by atoms with Crippen molar-refractivity contribution in [1.29, 1.82) is 0 Å². The third kappa shape index (κ3) is 2.44. The molecule has 0 fully saturated rings. The van der Waals surface area contributed by atoms with E-state index in [0.717, 1.165) is 16.5 Å². The molecule has 0 aliphatic heterocycles. The molecule has 0 aliphatic rings. The summed E-state index contributed by atoms with van der Waals surface area (Å²) in [4.78, 5) is 19.7. The Bertz CT molecular complexity index is 708. The van der Waals surface area contributed by atoms with Gasteiger partial charge < -0.3 is 9.73 Å². The number of benzene rings is 1. The third-order valence-electron chi connectivity index (χ3n) is 2.75. The van der Waals surface area contributed by atoms with Crippen molar-refractivity contribution in [3.63, 3.8) is 0 Å². The van der Waals surface area contributed by atoms with E-state index in [0.29, 0.717) is 6.54 Å². The van der Waals surface area contributed by atoms with Gasteiger partial charge in [-0.3, -0.25) is 9.78 Å². The molecule has 0 bridgehead atoms. The highest BCUT2D eigenvalue weighted by molar-refractivity contribution is 5.89. The second kappa shape index (κ2) is 4.89. The topological polar surface area (TPSA) is 68.0 Å². The summed E-state index contributed by atoms with van der Waals surface area (Å²) in [5.41, 5.74) is 1.94. The Morgan fingerprint density at radius 1 is 1.21 bits per heavy atom. The Balaban J connectivity index is 1.73. The first kappa shape index (κ1) is 11.4. The van der Waals surface area contributed by atoms with Crippen LogP contribution in [0.1, 0.15) is 16.2 Å². The maximum Gasteiger partial charge on any atom is 0.307 e. The normalized spacial score (nSPS) is 10.5. The molecule has 0 atom stereocenters. The Morgan fingerprint density at radius 2 is 2.16 bits per heavy atom. The number of fused-ring (bicyclic) bond motifs is 1. The van der Waals surface area contributed by atoms with Crippen LogP contribution in [-0.2, 0) is 6.54 Å². The van der Waals surface area contributed by atoms with Crippen molar-refractivity contribution < 1.29 is 9.21 Å². The Hall–Kier alpha value is -2.69. The van der Waals surface area contributed by atoms with Crippen LogP contribution in [0.4, 0.5) is 0 Å². The van der Waals surface area contributed by atoms with Crippen molar-refractivity contribution in [3.05, 3.63) is 60.4 Å².